The molecule has 24 heavy (non-hydrogen) atoms. The number of rotatable bonds is 4. The molecule has 1 aliphatic carbocycles. The van der Waals surface area contributed by atoms with Crippen molar-refractivity contribution >= 4 is 12.7 Å². The van der Waals surface area contributed by atoms with Crippen LogP contribution >= 0.6 is 0 Å². The Hall–Kier alpha value is -1.27. The lowest BCUT2D eigenvalue weighted by molar-refractivity contribution is 0.00578. The molecule has 132 valence electrons. The van der Waals surface area contributed by atoms with Crippen LogP contribution in [0.15, 0.2) is 12.1 Å². The number of hydrogen-bond acceptors (Lipinski definition) is 5. The van der Waals surface area contributed by atoms with Crippen molar-refractivity contribution in [3.05, 3.63) is 12.1 Å². The molecule has 0 unspecified atom stereocenters. The van der Waals surface area contributed by atoms with Crippen LogP contribution in [0.25, 0.3) is 0 Å². The van der Waals surface area contributed by atoms with E-state index in [1.54, 1.807) is 0 Å². The molecule has 0 spiro atoms. The molecular weight excluding hydrogens is 305 g/mol. The van der Waals surface area contributed by atoms with E-state index in [1.165, 1.54) is 0 Å². The maximum absolute atomic E-state index is 6.16. The zero-order valence-electron chi connectivity index (χ0n) is 15.8. The van der Waals surface area contributed by atoms with Crippen molar-refractivity contribution in [1.82, 2.24) is 4.98 Å². The first-order valence-corrected chi connectivity index (χ1v) is 8.69. The van der Waals surface area contributed by atoms with E-state index in [0.29, 0.717) is 11.5 Å². The first-order valence-electron chi connectivity index (χ1n) is 8.69. The van der Waals surface area contributed by atoms with E-state index in [1.807, 2.05) is 60.6 Å². The summed E-state index contributed by atoms with van der Waals surface area (Å²) in [4.78, 5) is 4.65. The van der Waals surface area contributed by atoms with Gasteiger partial charge in [-0.1, -0.05) is 0 Å². The quantitative estimate of drug-likeness (QED) is 0.793. The van der Waals surface area contributed by atoms with Crippen LogP contribution in [-0.4, -0.2) is 35.0 Å². The fraction of sp³-hybridized carbons (Fsp3) is 0.722. The average molecular weight is 333 g/mol. The first kappa shape index (κ1) is 17.6. The van der Waals surface area contributed by atoms with Gasteiger partial charge in [0.25, 0.3) is 0 Å². The van der Waals surface area contributed by atoms with Crippen molar-refractivity contribution < 1.29 is 18.8 Å². The van der Waals surface area contributed by atoms with Crippen molar-refractivity contribution in [3.8, 4) is 11.6 Å². The Labute approximate surface area is 145 Å². The molecule has 1 aliphatic heterocycles. The third kappa shape index (κ3) is 3.70. The van der Waals surface area contributed by atoms with Crippen LogP contribution in [0.1, 0.15) is 61.3 Å². The molecule has 0 amide bonds. The van der Waals surface area contributed by atoms with E-state index in [9.17, 15) is 0 Å². The molecule has 3 rings (SSSR count). The van der Waals surface area contributed by atoms with Crippen LogP contribution in [0.2, 0.25) is 0 Å². The fourth-order valence-corrected chi connectivity index (χ4v) is 2.40. The summed E-state index contributed by atoms with van der Waals surface area (Å²) in [6.45, 7) is 14.1. The van der Waals surface area contributed by atoms with Gasteiger partial charge in [-0.15, -0.1) is 0 Å². The van der Waals surface area contributed by atoms with Gasteiger partial charge in [0, 0.05) is 6.07 Å². The van der Waals surface area contributed by atoms with Gasteiger partial charge >= 0.3 is 7.12 Å². The highest BCUT2D eigenvalue weighted by molar-refractivity contribution is 6.62. The zero-order valence-corrected chi connectivity index (χ0v) is 15.8. The van der Waals surface area contributed by atoms with E-state index in [2.05, 4.69) is 4.98 Å². The minimum atomic E-state index is -0.563. The van der Waals surface area contributed by atoms with E-state index in [0.717, 1.165) is 18.6 Å². The van der Waals surface area contributed by atoms with Crippen LogP contribution in [-0.2, 0) is 9.31 Å². The van der Waals surface area contributed by atoms with E-state index in [4.69, 9.17) is 18.8 Å². The normalized spacial score (nSPS) is 22.5. The molecule has 1 aromatic rings. The molecule has 2 fully saturated rings. The van der Waals surface area contributed by atoms with Gasteiger partial charge in [-0.25, -0.2) is 4.98 Å². The number of ether oxygens (including phenoxy) is 2. The molecule has 0 N–H and O–H groups in total. The van der Waals surface area contributed by atoms with Crippen LogP contribution in [0.3, 0.4) is 0 Å². The van der Waals surface area contributed by atoms with E-state index < -0.39 is 18.3 Å². The lowest BCUT2D eigenvalue weighted by Crippen LogP contribution is -2.41. The molecule has 0 radical (unpaired) electrons. The Morgan fingerprint density at radius 2 is 1.67 bits per heavy atom. The van der Waals surface area contributed by atoms with Crippen molar-refractivity contribution in [1.29, 1.82) is 0 Å². The third-order valence-electron chi connectivity index (χ3n) is 4.57. The standard InChI is InChI=1S/C18H28BNO4/c1-16(2,3)22-14-11-10-13(21-12-8-9-12)15(20-14)19-23-17(4,5)18(6,7)24-19/h10-12H,8-9H2,1-7H3. The lowest BCUT2D eigenvalue weighted by atomic mass is 9.83. The summed E-state index contributed by atoms with van der Waals surface area (Å²) in [5.41, 5.74) is -0.505. The highest BCUT2D eigenvalue weighted by Crippen LogP contribution is 2.37. The van der Waals surface area contributed by atoms with Gasteiger partial charge in [0.1, 0.15) is 16.9 Å². The van der Waals surface area contributed by atoms with Crippen LogP contribution in [0.5, 0.6) is 11.6 Å². The summed E-state index contributed by atoms with van der Waals surface area (Å²) < 4.78 is 24.2. The van der Waals surface area contributed by atoms with Crippen molar-refractivity contribution in [2.45, 2.75) is 84.2 Å². The Balaban J connectivity index is 1.92. The average Bonchev–Trinajstić information content (AvgIpc) is 3.17. The minimum Gasteiger partial charge on any atom is -0.489 e. The Morgan fingerprint density at radius 1 is 1.08 bits per heavy atom. The summed E-state index contributed by atoms with van der Waals surface area (Å²) in [6.07, 6.45) is 2.45. The Morgan fingerprint density at radius 3 is 2.17 bits per heavy atom. The van der Waals surface area contributed by atoms with E-state index in [-0.39, 0.29) is 11.7 Å². The van der Waals surface area contributed by atoms with Gasteiger partial charge in [0.15, 0.2) is 0 Å². The van der Waals surface area contributed by atoms with Gasteiger partial charge in [-0.3, -0.25) is 0 Å². The molecule has 1 saturated heterocycles. The molecule has 6 heteroatoms. The number of hydrogen-bond donors (Lipinski definition) is 0. The number of aromatic nitrogens is 1. The molecule has 1 saturated carbocycles. The topological polar surface area (TPSA) is 49.8 Å². The highest BCUT2D eigenvalue weighted by atomic mass is 16.7. The van der Waals surface area contributed by atoms with Crippen molar-refractivity contribution in [2.24, 2.45) is 0 Å². The van der Waals surface area contributed by atoms with Crippen LogP contribution < -0.4 is 15.1 Å². The second kappa shape index (κ2) is 5.63. The van der Waals surface area contributed by atoms with Crippen LogP contribution in [0.4, 0.5) is 0 Å². The predicted molar refractivity (Wildman–Crippen MR) is 94.0 cm³/mol. The summed E-state index contributed by atoms with van der Waals surface area (Å²) in [5.74, 6) is 1.27. The first-order chi connectivity index (χ1) is 11.0. The maximum atomic E-state index is 6.16. The summed E-state index contributed by atoms with van der Waals surface area (Å²) in [6, 6.07) is 3.75. The van der Waals surface area contributed by atoms with Gasteiger partial charge in [-0.05, 0) is 67.4 Å². The van der Waals surface area contributed by atoms with Gasteiger partial charge < -0.3 is 18.8 Å². The summed E-state index contributed by atoms with van der Waals surface area (Å²) in [5, 5.41) is 0. The molecule has 0 atom stereocenters. The summed E-state index contributed by atoms with van der Waals surface area (Å²) in [7, 11) is -0.563. The molecule has 1 aromatic heterocycles. The number of pyridine rings is 1. The Bertz CT molecular complexity index is 604. The molecular formula is C18H28BNO4. The predicted octanol–water partition coefficient (Wildman–Crippen LogP) is 3.10. The zero-order chi connectivity index (χ0) is 17.8. The maximum Gasteiger partial charge on any atom is 0.518 e. The lowest BCUT2D eigenvalue weighted by Gasteiger charge is -2.32. The van der Waals surface area contributed by atoms with Gasteiger partial charge in [0.05, 0.1) is 17.3 Å². The fourth-order valence-electron chi connectivity index (χ4n) is 2.40. The summed E-state index contributed by atoms with van der Waals surface area (Å²) >= 11 is 0. The SMILES string of the molecule is CC(C)(C)Oc1ccc(OC2CC2)c(B2OC(C)(C)C(C)(C)O2)n1. The molecule has 2 aliphatic rings. The Kier molecular flexibility index (Phi) is 4.12. The monoisotopic (exact) mass is 333 g/mol. The second-order valence-corrected chi connectivity index (χ2v) is 8.65. The van der Waals surface area contributed by atoms with E-state index >= 15 is 0 Å². The van der Waals surface area contributed by atoms with Crippen molar-refractivity contribution in [2.75, 3.05) is 0 Å². The largest absolute Gasteiger partial charge is 0.518 e. The smallest absolute Gasteiger partial charge is 0.489 e. The molecule has 2 heterocycles. The molecule has 5 nitrogen and oxygen atoms in total. The van der Waals surface area contributed by atoms with Crippen molar-refractivity contribution in [3.63, 3.8) is 0 Å². The highest BCUT2D eigenvalue weighted by Gasteiger charge is 2.53. The van der Waals surface area contributed by atoms with Gasteiger partial charge in [-0.2, -0.15) is 0 Å². The van der Waals surface area contributed by atoms with Crippen LogP contribution in [0, 0.1) is 0 Å². The number of nitrogens with zero attached hydrogens (tertiary/aromatic N) is 1. The molecule has 0 aromatic carbocycles. The van der Waals surface area contributed by atoms with Gasteiger partial charge in [0.2, 0.25) is 5.88 Å². The second-order valence-electron chi connectivity index (χ2n) is 8.65. The minimum absolute atomic E-state index is 0.280. The molecule has 0 bridgehead atoms. The third-order valence-corrected chi connectivity index (χ3v) is 4.57.